The van der Waals surface area contributed by atoms with E-state index in [1.165, 1.54) is 5.57 Å². The maximum Gasteiger partial charge on any atom is 0.138 e. The van der Waals surface area contributed by atoms with E-state index in [-0.39, 0.29) is 0 Å². The van der Waals surface area contributed by atoms with Gasteiger partial charge in [0.25, 0.3) is 0 Å². The van der Waals surface area contributed by atoms with Gasteiger partial charge in [-0.3, -0.25) is 0 Å². The van der Waals surface area contributed by atoms with Crippen molar-refractivity contribution in [3.05, 3.63) is 23.8 Å². The second-order valence-corrected chi connectivity index (χ2v) is 4.02. The van der Waals surface area contributed by atoms with Crippen LogP contribution in [0.5, 0.6) is 0 Å². The highest BCUT2D eigenvalue weighted by molar-refractivity contribution is 5.07. The molecule has 0 aliphatic heterocycles. The first kappa shape index (κ1) is 11.9. The van der Waals surface area contributed by atoms with Crippen LogP contribution >= 0.6 is 0 Å². The maximum absolute atomic E-state index is 5.45. The molecule has 0 saturated heterocycles. The van der Waals surface area contributed by atoms with Gasteiger partial charge in [0.1, 0.15) is 12.2 Å². The predicted octanol–water partition coefficient (Wildman–Crippen LogP) is 1.70. The third-order valence-electron chi connectivity index (χ3n) is 2.23. The molecule has 1 aromatic heterocycles. The lowest BCUT2D eigenvalue weighted by Crippen LogP contribution is -2.08. The summed E-state index contributed by atoms with van der Waals surface area (Å²) in [6.07, 6.45) is 5.57. The molecule has 0 aliphatic rings. The van der Waals surface area contributed by atoms with Gasteiger partial charge in [-0.2, -0.15) is 5.10 Å². The molecule has 0 spiro atoms. The fourth-order valence-corrected chi connectivity index (χ4v) is 1.48. The van der Waals surface area contributed by atoms with Gasteiger partial charge in [-0.15, -0.1) is 0 Å². The van der Waals surface area contributed by atoms with Crippen LogP contribution in [0, 0.1) is 0 Å². The minimum absolute atomic E-state index is 0.366. The third-order valence-corrected chi connectivity index (χ3v) is 2.23. The van der Waals surface area contributed by atoms with E-state index in [2.05, 4.69) is 36.9 Å². The summed E-state index contributed by atoms with van der Waals surface area (Å²) in [5.41, 5.74) is 6.75. The van der Waals surface area contributed by atoms with Gasteiger partial charge < -0.3 is 5.73 Å². The molecule has 15 heavy (non-hydrogen) atoms. The fourth-order valence-electron chi connectivity index (χ4n) is 1.48. The second kappa shape index (κ2) is 5.66. The van der Waals surface area contributed by atoms with E-state index in [9.17, 15) is 0 Å². The van der Waals surface area contributed by atoms with Gasteiger partial charge in [0, 0.05) is 12.5 Å². The molecule has 0 radical (unpaired) electrons. The molecule has 0 fully saturated rings. The molecule has 0 atom stereocenters. The normalized spacial score (nSPS) is 12.5. The zero-order valence-electron chi connectivity index (χ0n) is 9.77. The van der Waals surface area contributed by atoms with E-state index in [4.69, 9.17) is 5.73 Å². The van der Waals surface area contributed by atoms with Gasteiger partial charge >= 0.3 is 0 Å². The third kappa shape index (κ3) is 3.47. The van der Waals surface area contributed by atoms with Crippen LogP contribution in [0.25, 0.3) is 0 Å². The molecule has 0 aromatic carbocycles. The average molecular weight is 208 g/mol. The monoisotopic (exact) mass is 208 g/mol. The second-order valence-electron chi connectivity index (χ2n) is 4.02. The van der Waals surface area contributed by atoms with E-state index in [0.29, 0.717) is 12.6 Å². The fraction of sp³-hybridized carbons (Fsp3) is 0.636. The first-order valence-electron chi connectivity index (χ1n) is 5.39. The molecule has 4 heteroatoms. The Bertz CT molecular complexity index is 325. The average Bonchev–Trinajstić information content (AvgIpc) is 2.62. The number of hydrogen-bond acceptors (Lipinski definition) is 3. The summed E-state index contributed by atoms with van der Waals surface area (Å²) in [5, 5.41) is 4.20. The Labute approximate surface area is 91.2 Å². The maximum atomic E-state index is 5.45. The predicted molar refractivity (Wildman–Crippen MR) is 61.5 cm³/mol. The Hall–Kier alpha value is -1.16. The van der Waals surface area contributed by atoms with E-state index in [1.54, 1.807) is 6.33 Å². The van der Waals surface area contributed by atoms with Gasteiger partial charge in [0.2, 0.25) is 0 Å². The van der Waals surface area contributed by atoms with Crippen LogP contribution in [0.3, 0.4) is 0 Å². The molecule has 0 unspecified atom stereocenters. The minimum Gasteiger partial charge on any atom is -0.330 e. The molecule has 0 saturated carbocycles. The van der Waals surface area contributed by atoms with E-state index in [1.807, 2.05) is 4.68 Å². The SMILES string of the molecule is CC(=CCCN)Cc1ncnn1C(C)C. The Morgan fingerprint density at radius 2 is 2.33 bits per heavy atom. The van der Waals surface area contributed by atoms with E-state index < -0.39 is 0 Å². The molecule has 0 aliphatic carbocycles. The summed E-state index contributed by atoms with van der Waals surface area (Å²) in [6, 6.07) is 0.366. The standard InChI is InChI=1S/C11H20N4/c1-9(2)15-11(13-8-14-15)7-10(3)5-4-6-12/h5,8-9H,4,6-7,12H2,1-3H3. The summed E-state index contributed by atoms with van der Waals surface area (Å²) in [7, 11) is 0. The number of hydrogen-bond donors (Lipinski definition) is 1. The number of allylic oxidation sites excluding steroid dienone is 1. The molecule has 0 amide bonds. The van der Waals surface area contributed by atoms with Crippen LogP contribution < -0.4 is 5.73 Å². The van der Waals surface area contributed by atoms with E-state index >= 15 is 0 Å². The molecular weight excluding hydrogens is 188 g/mol. The number of rotatable bonds is 5. The first-order chi connectivity index (χ1) is 7.15. The number of nitrogens with two attached hydrogens (primary N) is 1. The van der Waals surface area contributed by atoms with Crippen molar-refractivity contribution in [2.45, 2.75) is 39.7 Å². The lowest BCUT2D eigenvalue weighted by molar-refractivity contribution is 0.509. The summed E-state index contributed by atoms with van der Waals surface area (Å²) in [5.74, 6) is 1.02. The van der Waals surface area contributed by atoms with Crippen molar-refractivity contribution in [3.8, 4) is 0 Å². The molecular formula is C11H20N4. The van der Waals surface area contributed by atoms with Crippen LogP contribution in [-0.4, -0.2) is 21.3 Å². The lowest BCUT2D eigenvalue weighted by atomic mass is 10.1. The Balaban J connectivity index is 2.67. The van der Waals surface area contributed by atoms with Crippen LogP contribution in [0.15, 0.2) is 18.0 Å². The molecule has 1 aromatic rings. The quantitative estimate of drug-likeness (QED) is 0.749. The van der Waals surface area contributed by atoms with Gasteiger partial charge in [0.05, 0.1) is 0 Å². The zero-order valence-corrected chi connectivity index (χ0v) is 9.77. The molecule has 0 bridgehead atoms. The van der Waals surface area contributed by atoms with Crippen molar-refractivity contribution in [1.29, 1.82) is 0 Å². The van der Waals surface area contributed by atoms with Crippen LogP contribution in [0.2, 0.25) is 0 Å². The van der Waals surface area contributed by atoms with Crippen molar-refractivity contribution in [2.24, 2.45) is 5.73 Å². The zero-order chi connectivity index (χ0) is 11.3. The van der Waals surface area contributed by atoms with Gasteiger partial charge in [0.15, 0.2) is 0 Å². The summed E-state index contributed by atoms with van der Waals surface area (Å²) in [4.78, 5) is 4.27. The molecule has 84 valence electrons. The summed E-state index contributed by atoms with van der Waals surface area (Å²) in [6.45, 7) is 7.03. The minimum atomic E-state index is 0.366. The van der Waals surface area contributed by atoms with Gasteiger partial charge in [-0.05, 0) is 33.7 Å². The van der Waals surface area contributed by atoms with Crippen molar-refractivity contribution in [2.75, 3.05) is 6.54 Å². The van der Waals surface area contributed by atoms with Crippen molar-refractivity contribution in [1.82, 2.24) is 14.8 Å². The topological polar surface area (TPSA) is 56.7 Å². The highest BCUT2D eigenvalue weighted by Gasteiger charge is 2.07. The van der Waals surface area contributed by atoms with Crippen molar-refractivity contribution in [3.63, 3.8) is 0 Å². The van der Waals surface area contributed by atoms with Crippen molar-refractivity contribution >= 4 is 0 Å². The number of nitrogens with zero attached hydrogens (tertiary/aromatic N) is 3. The van der Waals surface area contributed by atoms with Crippen LogP contribution in [-0.2, 0) is 6.42 Å². The molecule has 1 rings (SSSR count). The number of aromatic nitrogens is 3. The van der Waals surface area contributed by atoms with Crippen LogP contribution in [0.1, 0.15) is 39.1 Å². The Morgan fingerprint density at radius 3 is 2.93 bits per heavy atom. The van der Waals surface area contributed by atoms with Gasteiger partial charge in [-0.1, -0.05) is 11.6 Å². The Kier molecular flexibility index (Phi) is 4.49. The van der Waals surface area contributed by atoms with Crippen LogP contribution in [0.4, 0.5) is 0 Å². The Morgan fingerprint density at radius 1 is 1.60 bits per heavy atom. The summed E-state index contributed by atoms with van der Waals surface area (Å²) >= 11 is 0. The van der Waals surface area contributed by atoms with E-state index in [0.717, 1.165) is 18.7 Å². The lowest BCUT2D eigenvalue weighted by Gasteiger charge is -2.09. The molecule has 4 nitrogen and oxygen atoms in total. The highest BCUT2D eigenvalue weighted by Crippen LogP contribution is 2.10. The first-order valence-corrected chi connectivity index (χ1v) is 5.39. The smallest absolute Gasteiger partial charge is 0.138 e. The molecule has 1 heterocycles. The highest BCUT2D eigenvalue weighted by atomic mass is 15.3. The summed E-state index contributed by atoms with van der Waals surface area (Å²) < 4.78 is 1.96. The largest absolute Gasteiger partial charge is 0.330 e. The van der Waals surface area contributed by atoms with Gasteiger partial charge in [-0.25, -0.2) is 9.67 Å². The molecule has 2 N–H and O–H groups in total. The van der Waals surface area contributed by atoms with Crippen molar-refractivity contribution < 1.29 is 0 Å².